The molecule has 37 heavy (non-hydrogen) atoms. The van der Waals surface area contributed by atoms with E-state index in [-0.39, 0.29) is 11.8 Å². The molecule has 1 fully saturated rings. The van der Waals surface area contributed by atoms with Crippen LogP contribution in [0.5, 0.6) is 0 Å². The van der Waals surface area contributed by atoms with Crippen molar-refractivity contribution in [1.29, 1.82) is 0 Å². The summed E-state index contributed by atoms with van der Waals surface area (Å²) >= 11 is 6.06. The summed E-state index contributed by atoms with van der Waals surface area (Å²) < 4.78 is 0. The molecule has 2 aromatic carbocycles. The molecule has 2 amide bonds. The molecule has 0 radical (unpaired) electrons. The van der Waals surface area contributed by atoms with Gasteiger partial charge >= 0.3 is 0 Å². The van der Waals surface area contributed by atoms with Crippen molar-refractivity contribution in [2.24, 2.45) is 0 Å². The van der Waals surface area contributed by atoms with Crippen LogP contribution in [0.1, 0.15) is 18.9 Å². The zero-order valence-electron chi connectivity index (χ0n) is 20.9. The van der Waals surface area contributed by atoms with E-state index >= 15 is 0 Å². The van der Waals surface area contributed by atoms with Gasteiger partial charge in [-0.2, -0.15) is 0 Å². The summed E-state index contributed by atoms with van der Waals surface area (Å²) in [6, 6.07) is 19.3. The maximum absolute atomic E-state index is 12.7. The van der Waals surface area contributed by atoms with E-state index in [1.807, 2.05) is 77.7 Å². The highest BCUT2D eigenvalue weighted by Gasteiger charge is 2.22. The number of anilines is 2. The fraction of sp³-hybridized carbons (Fsp3) is 0.286. The molecule has 4 rings (SSSR count). The van der Waals surface area contributed by atoms with Gasteiger partial charge in [0.2, 0.25) is 11.8 Å². The fourth-order valence-corrected chi connectivity index (χ4v) is 4.14. The molecule has 1 aliphatic rings. The zero-order chi connectivity index (χ0) is 26.0. The highest BCUT2D eigenvalue weighted by Crippen LogP contribution is 2.25. The average Bonchev–Trinajstić information content (AvgIpc) is 2.92. The first-order valence-electron chi connectivity index (χ1n) is 12.4. The van der Waals surface area contributed by atoms with Crippen LogP contribution in [0.3, 0.4) is 0 Å². The van der Waals surface area contributed by atoms with Crippen molar-refractivity contribution >= 4 is 41.1 Å². The van der Waals surface area contributed by atoms with Gasteiger partial charge in [0.05, 0.1) is 0 Å². The lowest BCUT2D eigenvalue weighted by Gasteiger charge is -2.35. The number of nitrogens with zero attached hydrogens (tertiary/aromatic N) is 4. The minimum Gasteiger partial charge on any atom is -0.368 e. The molecule has 1 aromatic heterocycles. The van der Waals surface area contributed by atoms with Crippen LogP contribution in [0.25, 0.3) is 17.5 Å². The number of benzene rings is 2. The largest absolute Gasteiger partial charge is 0.368 e. The molecule has 9 heteroatoms. The summed E-state index contributed by atoms with van der Waals surface area (Å²) in [5.41, 5.74) is 1.94. The number of hydrogen-bond donors (Lipinski definition) is 2. The minimum atomic E-state index is -0.0741. The molecule has 2 heterocycles. The Labute approximate surface area is 222 Å². The van der Waals surface area contributed by atoms with Crippen LogP contribution in [0.4, 0.5) is 11.6 Å². The number of nitrogens with one attached hydrogen (secondary N) is 2. The van der Waals surface area contributed by atoms with E-state index in [1.165, 1.54) is 6.92 Å². The summed E-state index contributed by atoms with van der Waals surface area (Å²) in [7, 11) is 0. The minimum absolute atomic E-state index is 0.0741. The topological polar surface area (TPSA) is 90.5 Å². The van der Waals surface area contributed by atoms with E-state index in [0.29, 0.717) is 62.4 Å². The number of aromatic nitrogens is 2. The summed E-state index contributed by atoms with van der Waals surface area (Å²) in [4.78, 5) is 37.4. The van der Waals surface area contributed by atoms with Crippen LogP contribution in [0, 0.1) is 0 Å². The lowest BCUT2D eigenvalue weighted by molar-refractivity contribution is -0.130. The third-order valence-corrected chi connectivity index (χ3v) is 6.23. The molecule has 3 aromatic rings. The second-order valence-corrected chi connectivity index (χ2v) is 9.17. The van der Waals surface area contributed by atoms with Gasteiger partial charge in [0, 0.05) is 69.3 Å². The lowest BCUT2D eigenvalue weighted by Crippen LogP contribution is -2.49. The lowest BCUT2D eigenvalue weighted by atomic mass is 10.2. The summed E-state index contributed by atoms with van der Waals surface area (Å²) in [5, 5.41) is 6.69. The number of hydrogen-bond acceptors (Lipinski definition) is 6. The Balaban J connectivity index is 1.41. The van der Waals surface area contributed by atoms with Crippen molar-refractivity contribution < 1.29 is 9.59 Å². The molecule has 0 atom stereocenters. The number of piperazine rings is 1. The fourth-order valence-electron chi connectivity index (χ4n) is 4.02. The van der Waals surface area contributed by atoms with E-state index in [9.17, 15) is 9.59 Å². The standard InChI is InChI=1S/C28H31ClN6O2/c1-21(36)30-14-15-31-25-20-26(33-28(32-25)23-10-12-24(29)13-11-23)34-16-18-35(19-17-34)27(37)9-5-8-22-6-3-2-4-7-22/h2-8,10-13,20H,9,14-19H2,1H3,(H,30,36)(H,31,32,33)/b8-5+. The first-order chi connectivity index (χ1) is 18.0. The predicted molar refractivity (Wildman–Crippen MR) is 149 cm³/mol. The molecule has 0 unspecified atom stereocenters. The normalized spacial score (nSPS) is 13.6. The van der Waals surface area contributed by atoms with Crippen LogP contribution < -0.4 is 15.5 Å². The molecule has 0 spiro atoms. The van der Waals surface area contributed by atoms with Gasteiger partial charge in [-0.15, -0.1) is 0 Å². The molecule has 8 nitrogen and oxygen atoms in total. The second-order valence-electron chi connectivity index (χ2n) is 8.74. The zero-order valence-corrected chi connectivity index (χ0v) is 21.6. The third-order valence-electron chi connectivity index (χ3n) is 5.98. The van der Waals surface area contributed by atoms with Crippen molar-refractivity contribution in [1.82, 2.24) is 20.2 Å². The Hall–Kier alpha value is -3.91. The van der Waals surface area contributed by atoms with Crippen LogP contribution >= 0.6 is 11.6 Å². The highest BCUT2D eigenvalue weighted by atomic mass is 35.5. The molecule has 0 bridgehead atoms. The number of amides is 2. The number of carbonyl (C=O) groups is 2. The second kappa shape index (κ2) is 12.9. The van der Waals surface area contributed by atoms with Crippen LogP contribution in [-0.2, 0) is 9.59 Å². The van der Waals surface area contributed by atoms with E-state index < -0.39 is 0 Å². The van der Waals surface area contributed by atoms with Gasteiger partial charge in [-0.05, 0) is 29.8 Å². The van der Waals surface area contributed by atoms with Crippen LogP contribution in [-0.4, -0.2) is 66.0 Å². The number of halogens is 1. The molecule has 0 aliphatic carbocycles. The monoisotopic (exact) mass is 518 g/mol. The van der Waals surface area contributed by atoms with Gasteiger partial charge in [0.1, 0.15) is 11.6 Å². The molecular weight excluding hydrogens is 488 g/mol. The summed E-state index contributed by atoms with van der Waals surface area (Å²) in [6.45, 7) is 5.13. The van der Waals surface area contributed by atoms with Crippen molar-refractivity contribution in [3.05, 3.63) is 77.3 Å². The summed E-state index contributed by atoms with van der Waals surface area (Å²) in [6.07, 6.45) is 4.28. The van der Waals surface area contributed by atoms with Gasteiger partial charge in [-0.3, -0.25) is 9.59 Å². The van der Waals surface area contributed by atoms with Crippen LogP contribution in [0.15, 0.2) is 66.7 Å². The van der Waals surface area contributed by atoms with E-state index in [0.717, 1.165) is 16.9 Å². The van der Waals surface area contributed by atoms with Gasteiger partial charge in [-0.1, -0.05) is 54.1 Å². The maximum Gasteiger partial charge on any atom is 0.226 e. The van der Waals surface area contributed by atoms with Crippen molar-refractivity contribution in [3.8, 4) is 11.4 Å². The molecule has 0 saturated carbocycles. The quantitative estimate of drug-likeness (QED) is 0.414. The molecule has 2 N–H and O–H groups in total. The van der Waals surface area contributed by atoms with Gasteiger partial charge in [0.25, 0.3) is 0 Å². The Morgan fingerprint density at radius 1 is 0.973 bits per heavy atom. The predicted octanol–water partition coefficient (Wildman–Crippen LogP) is 4.10. The van der Waals surface area contributed by atoms with E-state index in [2.05, 4.69) is 20.5 Å². The number of carbonyl (C=O) groups excluding carboxylic acids is 2. The summed E-state index contributed by atoms with van der Waals surface area (Å²) in [5.74, 6) is 2.09. The first-order valence-corrected chi connectivity index (χ1v) is 12.7. The van der Waals surface area contributed by atoms with Crippen molar-refractivity contribution in [3.63, 3.8) is 0 Å². The SMILES string of the molecule is CC(=O)NCCNc1cc(N2CCN(C(=O)C/C=C/c3ccccc3)CC2)nc(-c2ccc(Cl)cc2)n1. The van der Waals surface area contributed by atoms with Crippen LogP contribution in [0.2, 0.25) is 5.02 Å². The smallest absolute Gasteiger partial charge is 0.226 e. The van der Waals surface area contributed by atoms with Crippen molar-refractivity contribution in [2.75, 3.05) is 49.5 Å². The highest BCUT2D eigenvalue weighted by molar-refractivity contribution is 6.30. The Morgan fingerprint density at radius 3 is 2.41 bits per heavy atom. The van der Waals surface area contributed by atoms with Crippen molar-refractivity contribution in [2.45, 2.75) is 13.3 Å². The van der Waals surface area contributed by atoms with E-state index in [1.54, 1.807) is 0 Å². The molecule has 1 saturated heterocycles. The Kier molecular flexibility index (Phi) is 9.10. The molecular formula is C28H31ClN6O2. The van der Waals surface area contributed by atoms with E-state index in [4.69, 9.17) is 16.6 Å². The van der Waals surface area contributed by atoms with Gasteiger partial charge in [0.15, 0.2) is 5.82 Å². The Morgan fingerprint density at radius 2 is 1.70 bits per heavy atom. The van der Waals surface area contributed by atoms with Gasteiger partial charge in [-0.25, -0.2) is 9.97 Å². The average molecular weight is 519 g/mol. The molecule has 1 aliphatic heterocycles. The molecule has 192 valence electrons. The Bertz CT molecular complexity index is 1230. The maximum atomic E-state index is 12.7. The van der Waals surface area contributed by atoms with Gasteiger partial charge < -0.3 is 20.4 Å². The number of rotatable bonds is 9. The first kappa shape index (κ1) is 26.2. The third kappa shape index (κ3) is 7.79.